The van der Waals surface area contributed by atoms with Gasteiger partial charge in [-0.05, 0) is 45.3 Å². The second-order valence-electron chi connectivity index (χ2n) is 7.46. The van der Waals surface area contributed by atoms with Gasteiger partial charge in [0.2, 0.25) is 5.25 Å². The minimum atomic E-state index is -4.98. The van der Waals surface area contributed by atoms with Crippen molar-refractivity contribution in [3.8, 4) is 0 Å². The number of rotatable bonds is 5. The van der Waals surface area contributed by atoms with Crippen LogP contribution in [0.15, 0.2) is 29.2 Å². The van der Waals surface area contributed by atoms with Crippen molar-refractivity contribution in [3.05, 3.63) is 24.3 Å². The summed E-state index contributed by atoms with van der Waals surface area (Å²) in [6.07, 6.45) is 0. The average Bonchev–Trinajstić information content (AvgIpc) is 2.63. The lowest BCUT2D eigenvalue weighted by Crippen LogP contribution is -2.60. The van der Waals surface area contributed by atoms with Gasteiger partial charge in [-0.25, -0.2) is 8.42 Å². The number of hydrogen-bond donors (Lipinski definition) is 6. The fraction of sp³-hybridized carbons (Fsp3) is 0.600. The van der Waals surface area contributed by atoms with Crippen molar-refractivity contribution in [2.75, 3.05) is 0 Å². The van der Waals surface area contributed by atoms with Crippen LogP contribution >= 0.6 is 0 Å². The molecule has 0 aromatic heterocycles. The van der Waals surface area contributed by atoms with Gasteiger partial charge in [0.1, 0.15) is 0 Å². The molecule has 0 atom stereocenters. The standard InChI is InChI=1S/C15H23BO10S/c1-12(2)13(3,4)26-16(25-12)9-5-7-10(8-6-9)27(23,24)11(14(17,18)19)15(20,21)22/h5-8,11,17-22H,1-4H3. The van der Waals surface area contributed by atoms with E-state index in [0.717, 1.165) is 12.1 Å². The Morgan fingerprint density at radius 2 is 1.22 bits per heavy atom. The Bertz CT molecular complexity index is 759. The van der Waals surface area contributed by atoms with Gasteiger partial charge in [-0.1, -0.05) is 12.1 Å². The molecule has 0 saturated carbocycles. The Hall–Kier alpha value is -1.09. The van der Waals surface area contributed by atoms with Gasteiger partial charge in [-0.3, -0.25) is 0 Å². The van der Waals surface area contributed by atoms with Crippen LogP contribution in [0.3, 0.4) is 0 Å². The van der Waals surface area contributed by atoms with Gasteiger partial charge >= 0.3 is 19.1 Å². The highest BCUT2D eigenvalue weighted by molar-refractivity contribution is 7.92. The maximum absolute atomic E-state index is 12.4. The molecule has 1 heterocycles. The van der Waals surface area contributed by atoms with E-state index >= 15 is 0 Å². The number of hydrogen-bond acceptors (Lipinski definition) is 10. The van der Waals surface area contributed by atoms with E-state index in [9.17, 15) is 8.42 Å². The molecule has 0 spiro atoms. The molecular formula is C15H23BO10S. The summed E-state index contributed by atoms with van der Waals surface area (Å²) < 4.78 is 36.5. The van der Waals surface area contributed by atoms with Gasteiger partial charge in [0.25, 0.3) is 0 Å². The van der Waals surface area contributed by atoms with E-state index in [2.05, 4.69) is 0 Å². The first-order valence-corrected chi connectivity index (χ1v) is 9.48. The van der Waals surface area contributed by atoms with E-state index in [1.165, 1.54) is 12.1 Å². The Balaban J connectivity index is 2.37. The summed E-state index contributed by atoms with van der Waals surface area (Å²) in [7, 11) is -5.77. The van der Waals surface area contributed by atoms with Crippen LogP contribution in [0.5, 0.6) is 0 Å². The number of benzene rings is 1. The Morgan fingerprint density at radius 1 is 0.852 bits per heavy atom. The second kappa shape index (κ2) is 6.47. The third-order valence-electron chi connectivity index (χ3n) is 4.75. The van der Waals surface area contributed by atoms with E-state index in [4.69, 9.17) is 39.9 Å². The zero-order valence-electron chi connectivity index (χ0n) is 15.2. The lowest BCUT2D eigenvalue weighted by molar-refractivity contribution is -0.395. The van der Waals surface area contributed by atoms with Gasteiger partial charge in [0.05, 0.1) is 16.1 Å². The van der Waals surface area contributed by atoms with E-state index < -0.39 is 50.2 Å². The molecule has 1 fully saturated rings. The van der Waals surface area contributed by atoms with Gasteiger partial charge in [-0.2, -0.15) is 0 Å². The van der Waals surface area contributed by atoms with Gasteiger partial charge in [0.15, 0.2) is 9.84 Å². The lowest BCUT2D eigenvalue weighted by Gasteiger charge is -2.32. The van der Waals surface area contributed by atoms with E-state index in [0.29, 0.717) is 5.46 Å². The van der Waals surface area contributed by atoms with Crippen molar-refractivity contribution in [3.63, 3.8) is 0 Å². The number of sulfone groups is 1. The van der Waals surface area contributed by atoms with Gasteiger partial charge in [0, 0.05) is 0 Å². The molecule has 1 aliphatic rings. The molecule has 10 nitrogen and oxygen atoms in total. The van der Waals surface area contributed by atoms with Crippen LogP contribution in [0.4, 0.5) is 0 Å². The molecule has 1 aromatic carbocycles. The molecule has 12 heteroatoms. The molecule has 0 bridgehead atoms. The summed E-state index contributed by atoms with van der Waals surface area (Å²) in [6.45, 7) is 7.35. The summed E-state index contributed by atoms with van der Waals surface area (Å²) in [6, 6.07) is 4.65. The van der Waals surface area contributed by atoms with Crippen molar-refractivity contribution in [2.24, 2.45) is 0 Å². The smallest absolute Gasteiger partial charge is 0.399 e. The molecule has 1 aliphatic heterocycles. The SMILES string of the molecule is CC1(C)OB(c2ccc(S(=O)(=O)C(C(O)(O)O)C(O)(O)O)cc2)OC1(C)C. The maximum Gasteiger partial charge on any atom is 0.494 e. The first kappa shape index (κ1) is 22.2. The predicted molar refractivity (Wildman–Crippen MR) is 91.9 cm³/mol. The molecule has 1 aromatic rings. The first-order chi connectivity index (χ1) is 11.9. The predicted octanol–water partition coefficient (Wildman–Crippen LogP) is -2.61. The van der Waals surface area contributed by atoms with Crippen LogP contribution in [0.25, 0.3) is 0 Å². The van der Waals surface area contributed by atoms with E-state index in [1.807, 2.05) is 27.7 Å². The van der Waals surface area contributed by atoms with Gasteiger partial charge < -0.3 is 39.9 Å². The third kappa shape index (κ3) is 4.18. The van der Waals surface area contributed by atoms with Crippen molar-refractivity contribution in [2.45, 2.75) is 61.0 Å². The molecule has 0 aliphatic carbocycles. The molecule has 152 valence electrons. The van der Waals surface area contributed by atoms with Crippen LogP contribution < -0.4 is 5.46 Å². The van der Waals surface area contributed by atoms with Crippen LogP contribution in [0.1, 0.15) is 27.7 Å². The van der Waals surface area contributed by atoms with Crippen molar-refractivity contribution < 1.29 is 48.4 Å². The maximum atomic E-state index is 12.4. The normalized spacial score (nSPS) is 20.3. The topological polar surface area (TPSA) is 174 Å². The number of aliphatic hydroxyl groups is 6. The fourth-order valence-electron chi connectivity index (χ4n) is 2.61. The second-order valence-corrected chi connectivity index (χ2v) is 9.49. The molecule has 2 rings (SSSR count). The first-order valence-electron chi connectivity index (χ1n) is 7.93. The summed E-state index contributed by atoms with van der Waals surface area (Å²) in [5.74, 6) is -8.25. The van der Waals surface area contributed by atoms with Crippen LogP contribution in [-0.2, 0) is 19.1 Å². The van der Waals surface area contributed by atoms with Crippen LogP contribution in [0.2, 0.25) is 0 Å². The Labute approximate surface area is 156 Å². The van der Waals surface area contributed by atoms with Crippen LogP contribution in [0, 0.1) is 0 Å². The highest BCUT2D eigenvalue weighted by Gasteiger charge is 2.57. The molecule has 6 N–H and O–H groups in total. The fourth-order valence-corrected chi connectivity index (χ4v) is 4.23. The zero-order valence-corrected chi connectivity index (χ0v) is 16.0. The Morgan fingerprint density at radius 3 is 1.56 bits per heavy atom. The van der Waals surface area contributed by atoms with Crippen LogP contribution in [-0.4, -0.2) is 74.6 Å². The quantitative estimate of drug-likeness (QED) is 0.225. The Kier molecular flexibility index (Phi) is 5.32. The van der Waals surface area contributed by atoms with E-state index in [1.54, 1.807) is 0 Å². The average molecular weight is 406 g/mol. The highest BCUT2D eigenvalue weighted by Crippen LogP contribution is 2.36. The largest absolute Gasteiger partial charge is 0.494 e. The third-order valence-corrected chi connectivity index (χ3v) is 6.93. The summed E-state index contributed by atoms with van der Waals surface area (Å²) in [5.41, 5.74) is -0.792. The monoisotopic (exact) mass is 406 g/mol. The van der Waals surface area contributed by atoms with Gasteiger partial charge in [-0.15, -0.1) is 0 Å². The molecular weight excluding hydrogens is 383 g/mol. The molecule has 0 amide bonds. The summed E-state index contributed by atoms with van der Waals surface area (Å²) in [4.78, 5) is -0.615. The van der Waals surface area contributed by atoms with E-state index in [-0.39, 0.29) is 0 Å². The molecule has 0 radical (unpaired) electrons. The zero-order chi connectivity index (χ0) is 21.1. The summed E-state index contributed by atoms with van der Waals surface area (Å²) >= 11 is 0. The molecule has 0 unspecified atom stereocenters. The minimum Gasteiger partial charge on any atom is -0.399 e. The molecule has 1 saturated heterocycles. The lowest BCUT2D eigenvalue weighted by atomic mass is 9.79. The highest BCUT2D eigenvalue weighted by atomic mass is 32.2. The molecule has 27 heavy (non-hydrogen) atoms. The van der Waals surface area contributed by atoms with Crippen molar-refractivity contribution in [1.29, 1.82) is 0 Å². The minimum absolute atomic E-state index is 0.454. The van der Waals surface area contributed by atoms with Crippen molar-refractivity contribution >= 4 is 22.4 Å². The summed E-state index contributed by atoms with van der Waals surface area (Å²) in [5, 5.41) is 51.8. The van der Waals surface area contributed by atoms with Crippen molar-refractivity contribution in [1.82, 2.24) is 0 Å².